The number of hydrogen-bond donors (Lipinski definition) is 1. The average Bonchev–Trinajstić information content (AvgIpc) is 2.90. The van der Waals surface area contributed by atoms with Crippen LogP contribution in [0.1, 0.15) is 5.82 Å². The van der Waals surface area contributed by atoms with Crippen LogP contribution in [-0.2, 0) is 10.0 Å². The normalized spacial score (nSPS) is 11.8. The lowest BCUT2D eigenvalue weighted by molar-refractivity contribution is 0.578. The summed E-state index contributed by atoms with van der Waals surface area (Å²) in [6, 6.07) is 4.46. The Bertz CT molecular complexity index is 951. The molecule has 0 saturated carbocycles. The quantitative estimate of drug-likeness (QED) is 0.788. The first-order valence-corrected chi connectivity index (χ1v) is 7.52. The third kappa shape index (κ3) is 2.37. The number of halogens is 2. The van der Waals surface area contributed by atoms with Crippen LogP contribution < -0.4 is 4.72 Å². The predicted molar refractivity (Wildman–Crippen MR) is 72.7 cm³/mol. The van der Waals surface area contributed by atoms with Gasteiger partial charge in [0.1, 0.15) is 23.1 Å². The first-order valence-electron chi connectivity index (χ1n) is 6.04. The predicted octanol–water partition coefficient (Wildman–Crippen LogP) is 1.51. The van der Waals surface area contributed by atoms with E-state index in [4.69, 9.17) is 0 Å². The smallest absolute Gasteiger partial charge is 0.271 e. The third-order valence-electron chi connectivity index (χ3n) is 2.84. The summed E-state index contributed by atoms with van der Waals surface area (Å²) in [5.74, 6) is -1.65. The van der Waals surface area contributed by atoms with Crippen LogP contribution in [0.3, 0.4) is 0 Å². The maximum atomic E-state index is 13.5. The Labute approximate surface area is 123 Å². The van der Waals surface area contributed by atoms with E-state index in [1.165, 1.54) is 16.8 Å². The molecule has 0 bridgehead atoms. The summed E-state index contributed by atoms with van der Waals surface area (Å²) in [5.41, 5.74) is -0.530. The molecule has 0 fully saturated rings. The highest BCUT2D eigenvalue weighted by atomic mass is 32.2. The molecule has 0 spiro atoms. The molecule has 0 saturated heterocycles. The number of nitrogens with zero attached hydrogens (tertiary/aromatic N) is 4. The van der Waals surface area contributed by atoms with Gasteiger partial charge in [0, 0.05) is 12.3 Å². The molecule has 0 aliphatic rings. The first kappa shape index (κ1) is 14.3. The molecule has 3 rings (SSSR count). The number of para-hydroxylation sites is 1. The number of anilines is 1. The molecule has 2 heterocycles. The molecule has 0 atom stereocenters. The monoisotopic (exact) mass is 325 g/mol. The average molecular weight is 325 g/mol. The van der Waals surface area contributed by atoms with Crippen molar-refractivity contribution in [1.29, 1.82) is 0 Å². The molecule has 0 amide bonds. The fourth-order valence-electron chi connectivity index (χ4n) is 1.81. The second-order valence-corrected chi connectivity index (χ2v) is 5.93. The number of aromatic nitrogens is 4. The van der Waals surface area contributed by atoms with E-state index in [1.54, 1.807) is 6.92 Å². The molecule has 0 aliphatic heterocycles. The van der Waals surface area contributed by atoms with Crippen molar-refractivity contribution in [1.82, 2.24) is 19.6 Å². The van der Waals surface area contributed by atoms with Crippen LogP contribution in [0.2, 0.25) is 0 Å². The lowest BCUT2D eigenvalue weighted by Crippen LogP contribution is -2.17. The number of hydrogen-bond acceptors (Lipinski definition) is 5. The summed E-state index contributed by atoms with van der Waals surface area (Å²) in [5, 5.41) is 3.18. The molecule has 22 heavy (non-hydrogen) atoms. The van der Waals surface area contributed by atoms with Gasteiger partial charge in [-0.05, 0) is 19.1 Å². The van der Waals surface area contributed by atoms with Crippen molar-refractivity contribution in [2.24, 2.45) is 0 Å². The second kappa shape index (κ2) is 4.98. The summed E-state index contributed by atoms with van der Waals surface area (Å²) in [4.78, 5) is 7.76. The summed E-state index contributed by atoms with van der Waals surface area (Å²) in [6.07, 6.45) is 1.44. The zero-order valence-electron chi connectivity index (χ0n) is 11.2. The molecule has 0 unspecified atom stereocenters. The van der Waals surface area contributed by atoms with Crippen molar-refractivity contribution in [3.05, 3.63) is 47.9 Å². The zero-order valence-corrected chi connectivity index (χ0v) is 12.0. The molecule has 3 aromatic rings. The molecule has 114 valence electrons. The number of aryl methyl sites for hydroxylation is 1. The lowest BCUT2D eigenvalue weighted by atomic mass is 10.3. The minimum absolute atomic E-state index is 0.252. The zero-order chi connectivity index (χ0) is 15.9. The molecule has 7 nitrogen and oxygen atoms in total. The van der Waals surface area contributed by atoms with Gasteiger partial charge in [-0.25, -0.2) is 13.8 Å². The van der Waals surface area contributed by atoms with E-state index in [0.29, 0.717) is 5.82 Å². The van der Waals surface area contributed by atoms with Gasteiger partial charge in [0.05, 0.1) is 0 Å². The van der Waals surface area contributed by atoms with E-state index < -0.39 is 32.5 Å². The summed E-state index contributed by atoms with van der Waals surface area (Å²) < 4.78 is 54.5. The largest absolute Gasteiger partial charge is 0.299 e. The van der Waals surface area contributed by atoms with Crippen LogP contribution in [0.15, 0.2) is 35.6 Å². The number of rotatable bonds is 3. The Kier molecular flexibility index (Phi) is 3.24. The Balaban J connectivity index is 2.07. The van der Waals surface area contributed by atoms with E-state index in [1.807, 2.05) is 4.72 Å². The van der Waals surface area contributed by atoms with Gasteiger partial charge in [0.2, 0.25) is 0 Å². The van der Waals surface area contributed by atoms with E-state index in [-0.39, 0.29) is 5.65 Å². The SMILES string of the molecule is Cc1nccc2nc(S(=O)(=O)Nc3c(F)cccc3F)nn12. The minimum Gasteiger partial charge on any atom is -0.271 e. The van der Waals surface area contributed by atoms with Crippen molar-refractivity contribution in [3.8, 4) is 0 Å². The number of benzene rings is 1. The Morgan fingerprint density at radius 1 is 1.18 bits per heavy atom. The molecular weight excluding hydrogens is 316 g/mol. The standard InChI is InChI=1S/C12H9F2N5O2S/c1-7-15-6-5-10-16-12(17-19(7)10)22(20,21)18-11-8(13)3-2-4-9(11)14/h2-6,18H,1H3. The summed E-state index contributed by atoms with van der Waals surface area (Å²) >= 11 is 0. The maximum Gasteiger partial charge on any atom is 0.299 e. The summed E-state index contributed by atoms with van der Waals surface area (Å²) in [7, 11) is -4.34. The molecule has 0 radical (unpaired) electrons. The molecule has 10 heteroatoms. The fraction of sp³-hybridized carbons (Fsp3) is 0.0833. The highest BCUT2D eigenvalue weighted by Crippen LogP contribution is 2.21. The minimum atomic E-state index is -4.34. The Morgan fingerprint density at radius 2 is 1.86 bits per heavy atom. The molecule has 1 aromatic carbocycles. The van der Waals surface area contributed by atoms with Crippen LogP contribution in [0.25, 0.3) is 5.65 Å². The van der Waals surface area contributed by atoms with Crippen LogP contribution in [-0.4, -0.2) is 28.0 Å². The van der Waals surface area contributed by atoms with Crippen LogP contribution in [0.5, 0.6) is 0 Å². The number of fused-ring (bicyclic) bond motifs is 1. The van der Waals surface area contributed by atoms with E-state index in [0.717, 1.165) is 18.2 Å². The van der Waals surface area contributed by atoms with E-state index >= 15 is 0 Å². The molecular formula is C12H9F2N5O2S. The first-order chi connectivity index (χ1) is 10.4. The van der Waals surface area contributed by atoms with E-state index in [9.17, 15) is 17.2 Å². The van der Waals surface area contributed by atoms with Gasteiger partial charge in [-0.2, -0.15) is 17.9 Å². The van der Waals surface area contributed by atoms with Crippen molar-refractivity contribution < 1.29 is 17.2 Å². The summed E-state index contributed by atoms with van der Waals surface area (Å²) in [6.45, 7) is 1.61. The molecule has 0 aliphatic carbocycles. The van der Waals surface area contributed by atoms with Crippen LogP contribution in [0, 0.1) is 18.6 Å². The van der Waals surface area contributed by atoms with Gasteiger partial charge in [-0.15, -0.1) is 5.10 Å². The van der Waals surface area contributed by atoms with Crippen LogP contribution >= 0.6 is 0 Å². The fourth-order valence-corrected chi connectivity index (χ4v) is 2.76. The molecule has 1 N–H and O–H groups in total. The van der Waals surface area contributed by atoms with Gasteiger partial charge in [-0.1, -0.05) is 6.07 Å². The van der Waals surface area contributed by atoms with Crippen molar-refractivity contribution in [3.63, 3.8) is 0 Å². The van der Waals surface area contributed by atoms with Gasteiger partial charge in [-0.3, -0.25) is 4.72 Å². The molecule has 2 aromatic heterocycles. The second-order valence-electron chi connectivity index (χ2n) is 4.36. The number of sulfonamides is 1. The van der Waals surface area contributed by atoms with Gasteiger partial charge >= 0.3 is 0 Å². The maximum absolute atomic E-state index is 13.5. The van der Waals surface area contributed by atoms with Crippen molar-refractivity contribution in [2.75, 3.05) is 4.72 Å². The van der Waals surface area contributed by atoms with Crippen molar-refractivity contribution >= 4 is 21.4 Å². The van der Waals surface area contributed by atoms with Gasteiger partial charge < -0.3 is 0 Å². The lowest BCUT2D eigenvalue weighted by Gasteiger charge is -2.06. The van der Waals surface area contributed by atoms with Gasteiger partial charge in [0.25, 0.3) is 15.2 Å². The Morgan fingerprint density at radius 3 is 2.50 bits per heavy atom. The highest BCUT2D eigenvalue weighted by Gasteiger charge is 2.24. The number of nitrogens with one attached hydrogen (secondary N) is 1. The van der Waals surface area contributed by atoms with Crippen molar-refractivity contribution in [2.45, 2.75) is 12.1 Å². The third-order valence-corrected chi connectivity index (χ3v) is 3.97. The van der Waals surface area contributed by atoms with Crippen LogP contribution in [0.4, 0.5) is 14.5 Å². The van der Waals surface area contributed by atoms with E-state index in [2.05, 4.69) is 15.1 Å². The Hall–Kier alpha value is -2.62. The van der Waals surface area contributed by atoms with Gasteiger partial charge in [0.15, 0.2) is 5.65 Å². The topological polar surface area (TPSA) is 89.2 Å². The highest BCUT2D eigenvalue weighted by molar-refractivity contribution is 7.92.